The molecular formula is C5H5ClN2OS. The molecule has 1 aliphatic rings. The van der Waals surface area contributed by atoms with Crippen LogP contribution in [0, 0.1) is 0 Å². The van der Waals surface area contributed by atoms with Crippen molar-refractivity contribution in [2.24, 2.45) is 10.7 Å². The number of aliphatic imine (C=N–C) groups is 1. The van der Waals surface area contributed by atoms with Gasteiger partial charge in [0.15, 0.2) is 0 Å². The minimum Gasteiger partial charge on any atom is -0.367 e. The van der Waals surface area contributed by atoms with Crippen molar-refractivity contribution in [3.05, 3.63) is 11.6 Å². The van der Waals surface area contributed by atoms with E-state index < -0.39 is 10.1 Å². The molecule has 0 saturated carbocycles. The van der Waals surface area contributed by atoms with Gasteiger partial charge in [0.2, 0.25) is 4.21 Å². The first-order chi connectivity index (χ1) is 4.65. The third-order valence-electron chi connectivity index (χ3n) is 0.963. The molecule has 1 rings (SSSR count). The molecule has 10 heavy (non-hydrogen) atoms. The number of thioether (sulfide) groups is 1. The minimum atomic E-state index is -1.17. The van der Waals surface area contributed by atoms with E-state index in [-0.39, 0.29) is 0 Å². The summed E-state index contributed by atoms with van der Waals surface area (Å²) in [6.07, 6.45) is 2.87. The standard InChI is InChI=1S/C5H5ClN2OS/c6-5(4(7)9)3-8-1-2-10-5/h1-3H,(H2,7,9). The lowest BCUT2D eigenvalue weighted by Crippen LogP contribution is -2.37. The van der Waals surface area contributed by atoms with Gasteiger partial charge in [-0.25, -0.2) is 0 Å². The van der Waals surface area contributed by atoms with Gasteiger partial charge in [0, 0.05) is 12.4 Å². The van der Waals surface area contributed by atoms with E-state index in [2.05, 4.69) is 4.99 Å². The van der Waals surface area contributed by atoms with Gasteiger partial charge in [-0.15, -0.1) is 0 Å². The molecule has 0 saturated heterocycles. The highest BCUT2D eigenvalue weighted by atomic mass is 35.5. The zero-order chi connectivity index (χ0) is 7.61. The molecule has 1 aliphatic heterocycles. The summed E-state index contributed by atoms with van der Waals surface area (Å²) in [5.74, 6) is -0.590. The molecule has 0 spiro atoms. The second kappa shape index (κ2) is 2.64. The number of hydrogen-bond acceptors (Lipinski definition) is 3. The van der Waals surface area contributed by atoms with Gasteiger partial charge in [0.1, 0.15) is 0 Å². The predicted molar refractivity (Wildman–Crippen MR) is 43.0 cm³/mol. The Morgan fingerprint density at radius 2 is 2.50 bits per heavy atom. The van der Waals surface area contributed by atoms with Gasteiger partial charge in [0.05, 0.1) is 0 Å². The number of carbonyl (C=O) groups excluding carboxylic acids is 1. The Balaban J connectivity index is 2.80. The van der Waals surface area contributed by atoms with Crippen molar-refractivity contribution < 1.29 is 4.79 Å². The summed E-state index contributed by atoms with van der Waals surface area (Å²) in [5.41, 5.74) is 4.98. The highest BCUT2D eigenvalue weighted by Crippen LogP contribution is 2.31. The SMILES string of the molecule is NC(=O)C1(Cl)C=NC=CS1. The van der Waals surface area contributed by atoms with Crippen LogP contribution in [-0.2, 0) is 4.79 Å². The van der Waals surface area contributed by atoms with Gasteiger partial charge in [-0.2, -0.15) is 0 Å². The fourth-order valence-corrected chi connectivity index (χ4v) is 1.23. The highest BCUT2D eigenvalue weighted by molar-refractivity contribution is 8.06. The fraction of sp³-hybridized carbons (Fsp3) is 0.200. The van der Waals surface area contributed by atoms with Crippen LogP contribution in [0.4, 0.5) is 0 Å². The first-order valence-electron chi connectivity index (χ1n) is 2.51. The van der Waals surface area contributed by atoms with Gasteiger partial charge in [-0.05, 0) is 5.41 Å². The zero-order valence-electron chi connectivity index (χ0n) is 4.95. The van der Waals surface area contributed by atoms with Crippen LogP contribution in [0.15, 0.2) is 16.6 Å². The molecule has 0 aromatic rings. The highest BCUT2D eigenvalue weighted by Gasteiger charge is 2.33. The number of nitrogens with two attached hydrogens (primary N) is 1. The van der Waals surface area contributed by atoms with Crippen LogP contribution in [0.25, 0.3) is 0 Å². The molecule has 2 N–H and O–H groups in total. The second-order valence-corrected chi connectivity index (χ2v) is 3.66. The number of primary amides is 1. The quantitative estimate of drug-likeness (QED) is 0.598. The summed E-state index contributed by atoms with van der Waals surface area (Å²) in [7, 11) is 0. The first kappa shape index (κ1) is 7.63. The Morgan fingerprint density at radius 3 is 2.80 bits per heavy atom. The van der Waals surface area contributed by atoms with Crippen LogP contribution in [0.5, 0.6) is 0 Å². The number of halogens is 1. The predicted octanol–water partition coefficient (Wildman–Crippen LogP) is 0.696. The molecule has 1 unspecified atom stereocenters. The minimum absolute atomic E-state index is 0.590. The summed E-state index contributed by atoms with van der Waals surface area (Å²) in [6.45, 7) is 0. The largest absolute Gasteiger partial charge is 0.367 e. The fourth-order valence-electron chi connectivity index (χ4n) is 0.456. The van der Waals surface area contributed by atoms with Crippen molar-refractivity contribution in [1.29, 1.82) is 0 Å². The maximum Gasteiger partial charge on any atom is 0.254 e. The molecule has 0 aromatic heterocycles. The topological polar surface area (TPSA) is 55.5 Å². The van der Waals surface area contributed by atoms with E-state index in [1.165, 1.54) is 6.21 Å². The van der Waals surface area contributed by atoms with Crippen LogP contribution in [0.1, 0.15) is 0 Å². The molecular weight excluding hydrogens is 172 g/mol. The van der Waals surface area contributed by atoms with Crippen molar-refractivity contribution in [2.75, 3.05) is 0 Å². The molecule has 5 heteroatoms. The summed E-state index contributed by atoms with van der Waals surface area (Å²) in [5, 5.41) is 1.62. The smallest absolute Gasteiger partial charge is 0.254 e. The van der Waals surface area contributed by atoms with Crippen LogP contribution >= 0.6 is 23.4 Å². The summed E-state index contributed by atoms with van der Waals surface area (Å²) in [4.78, 5) is 14.3. The van der Waals surface area contributed by atoms with Crippen molar-refractivity contribution in [1.82, 2.24) is 0 Å². The average molecular weight is 177 g/mol. The van der Waals surface area contributed by atoms with Crippen molar-refractivity contribution in [2.45, 2.75) is 4.21 Å². The lowest BCUT2D eigenvalue weighted by molar-refractivity contribution is -0.117. The third kappa shape index (κ3) is 1.33. The van der Waals surface area contributed by atoms with Gasteiger partial charge in [-0.3, -0.25) is 9.79 Å². The second-order valence-electron chi connectivity index (χ2n) is 1.69. The molecule has 0 bridgehead atoms. The van der Waals surface area contributed by atoms with E-state index in [0.717, 1.165) is 11.8 Å². The molecule has 1 amide bonds. The zero-order valence-corrected chi connectivity index (χ0v) is 6.52. The van der Waals surface area contributed by atoms with Crippen LogP contribution in [0.3, 0.4) is 0 Å². The van der Waals surface area contributed by atoms with E-state index in [9.17, 15) is 4.79 Å². The molecule has 1 atom stereocenters. The summed E-state index contributed by atoms with van der Waals surface area (Å²) >= 11 is 6.83. The normalized spacial score (nSPS) is 30.5. The molecule has 54 valence electrons. The van der Waals surface area contributed by atoms with E-state index >= 15 is 0 Å². The number of hydrogen-bond donors (Lipinski definition) is 1. The van der Waals surface area contributed by atoms with E-state index in [1.807, 2.05) is 0 Å². The van der Waals surface area contributed by atoms with E-state index in [4.69, 9.17) is 17.3 Å². The first-order valence-corrected chi connectivity index (χ1v) is 3.77. The van der Waals surface area contributed by atoms with Gasteiger partial charge in [0.25, 0.3) is 5.91 Å². The average Bonchev–Trinajstić information content (AvgIpc) is 1.89. The third-order valence-corrected chi connectivity index (χ3v) is 2.42. The monoisotopic (exact) mass is 176 g/mol. The van der Waals surface area contributed by atoms with Gasteiger partial charge in [-0.1, -0.05) is 23.4 Å². The molecule has 1 heterocycles. The van der Waals surface area contributed by atoms with Crippen molar-refractivity contribution >= 4 is 35.5 Å². The van der Waals surface area contributed by atoms with Crippen molar-refractivity contribution in [3.63, 3.8) is 0 Å². The maximum absolute atomic E-state index is 10.6. The van der Waals surface area contributed by atoms with Crippen LogP contribution < -0.4 is 5.73 Å². The van der Waals surface area contributed by atoms with Crippen molar-refractivity contribution in [3.8, 4) is 0 Å². The lowest BCUT2D eigenvalue weighted by Gasteiger charge is -2.16. The van der Waals surface area contributed by atoms with Crippen LogP contribution in [0.2, 0.25) is 0 Å². The molecule has 0 radical (unpaired) electrons. The van der Waals surface area contributed by atoms with Crippen LogP contribution in [-0.4, -0.2) is 16.3 Å². The number of alkyl halides is 1. The Morgan fingerprint density at radius 1 is 1.80 bits per heavy atom. The van der Waals surface area contributed by atoms with Gasteiger partial charge >= 0.3 is 0 Å². The molecule has 0 aliphatic carbocycles. The van der Waals surface area contributed by atoms with E-state index in [1.54, 1.807) is 11.6 Å². The number of rotatable bonds is 1. The lowest BCUT2D eigenvalue weighted by atomic mass is 10.4. The maximum atomic E-state index is 10.6. The molecule has 3 nitrogen and oxygen atoms in total. The van der Waals surface area contributed by atoms with Gasteiger partial charge < -0.3 is 5.73 Å². The number of amides is 1. The van der Waals surface area contributed by atoms with E-state index in [0.29, 0.717) is 0 Å². The number of nitrogens with zero attached hydrogens (tertiary/aromatic N) is 1. The Kier molecular flexibility index (Phi) is 2.01. The Hall–Kier alpha value is -0.480. The Bertz CT molecular complexity index is 216. The molecule has 0 fully saturated rings. The number of carbonyl (C=O) groups is 1. The summed E-state index contributed by atoms with van der Waals surface area (Å²) < 4.78 is -1.17. The summed E-state index contributed by atoms with van der Waals surface area (Å²) in [6, 6.07) is 0. The molecule has 0 aromatic carbocycles. The Labute approximate surface area is 67.3 Å².